The molecule has 5 atom stereocenters. The monoisotopic (exact) mass is 210 g/mol. The van der Waals surface area contributed by atoms with Gasteiger partial charge in [-0.15, -0.1) is 0 Å². The maximum atomic E-state index is 11.0. The van der Waals surface area contributed by atoms with E-state index in [9.17, 15) is 4.79 Å². The summed E-state index contributed by atoms with van der Waals surface area (Å²) in [6.45, 7) is 4.50. The third-order valence-corrected chi connectivity index (χ3v) is 4.93. The van der Waals surface area contributed by atoms with Gasteiger partial charge < -0.3 is 9.47 Å². The van der Waals surface area contributed by atoms with Crippen molar-refractivity contribution in [3.8, 4) is 0 Å². The zero-order valence-electron chi connectivity index (χ0n) is 9.36. The zero-order valence-corrected chi connectivity index (χ0v) is 9.36. The highest BCUT2D eigenvalue weighted by Gasteiger charge is 2.63. The van der Waals surface area contributed by atoms with Gasteiger partial charge in [-0.2, -0.15) is 0 Å². The lowest BCUT2D eigenvalue weighted by molar-refractivity contribution is -0.188. The molecule has 1 aliphatic heterocycles. The quantitative estimate of drug-likeness (QED) is 0.621. The third kappa shape index (κ3) is 1.13. The first kappa shape index (κ1) is 9.64. The van der Waals surface area contributed by atoms with Crippen molar-refractivity contribution in [1.29, 1.82) is 0 Å². The lowest BCUT2D eigenvalue weighted by Crippen LogP contribution is -2.40. The van der Waals surface area contributed by atoms with Crippen LogP contribution in [0.3, 0.4) is 0 Å². The molecule has 0 amide bonds. The molecule has 84 valence electrons. The average molecular weight is 210 g/mol. The van der Waals surface area contributed by atoms with E-state index in [1.807, 2.05) is 0 Å². The molecular weight excluding hydrogens is 192 g/mol. The number of carbonyl (C=O) groups is 1. The van der Waals surface area contributed by atoms with Crippen LogP contribution in [0.4, 0.5) is 0 Å². The van der Waals surface area contributed by atoms with E-state index in [1.165, 1.54) is 26.2 Å². The van der Waals surface area contributed by atoms with Gasteiger partial charge in [0.1, 0.15) is 0 Å². The van der Waals surface area contributed by atoms with Crippen LogP contribution in [-0.2, 0) is 14.3 Å². The number of hydrogen-bond donors (Lipinski definition) is 0. The third-order valence-electron chi connectivity index (χ3n) is 4.93. The molecule has 2 bridgehead atoms. The molecule has 0 aromatic carbocycles. The van der Waals surface area contributed by atoms with E-state index in [0.29, 0.717) is 11.8 Å². The van der Waals surface area contributed by atoms with Crippen LogP contribution >= 0.6 is 0 Å². The second-order valence-corrected chi connectivity index (χ2v) is 5.52. The smallest absolute Gasteiger partial charge is 0.304 e. The summed E-state index contributed by atoms with van der Waals surface area (Å²) < 4.78 is 11.0. The maximum absolute atomic E-state index is 11.0. The molecule has 3 unspecified atom stereocenters. The highest BCUT2D eigenvalue weighted by atomic mass is 16.7. The van der Waals surface area contributed by atoms with Crippen molar-refractivity contribution in [2.75, 3.05) is 6.61 Å². The van der Waals surface area contributed by atoms with Crippen molar-refractivity contribution >= 4 is 5.97 Å². The minimum Gasteiger partial charge on any atom is -0.435 e. The first-order valence-corrected chi connectivity index (χ1v) is 5.91. The summed E-state index contributed by atoms with van der Waals surface area (Å²) >= 11 is 0. The molecular formula is C12H18O3. The molecule has 0 spiro atoms. The molecule has 1 saturated heterocycles. The standard InChI is InChI=1S/C12H18O3/c1-7(13)15-11-12(2)9-4-3-8(5-9)10(12)6-14-11/h8-11H,3-6H2,1-2H3/t8?,9-,10?,11?,12-/m0/s1. The van der Waals surface area contributed by atoms with Gasteiger partial charge in [-0.1, -0.05) is 6.92 Å². The number of rotatable bonds is 1. The van der Waals surface area contributed by atoms with Gasteiger partial charge in [0.15, 0.2) is 0 Å². The van der Waals surface area contributed by atoms with Crippen LogP contribution in [0.5, 0.6) is 0 Å². The molecule has 0 aromatic heterocycles. The highest BCUT2D eigenvalue weighted by molar-refractivity contribution is 5.66. The fourth-order valence-corrected chi connectivity index (χ4v) is 4.12. The van der Waals surface area contributed by atoms with Crippen molar-refractivity contribution in [1.82, 2.24) is 0 Å². The molecule has 0 radical (unpaired) electrons. The Kier molecular flexibility index (Phi) is 1.91. The van der Waals surface area contributed by atoms with Crippen molar-refractivity contribution in [2.45, 2.75) is 39.4 Å². The molecule has 0 N–H and O–H groups in total. The lowest BCUT2D eigenvalue weighted by atomic mass is 9.68. The van der Waals surface area contributed by atoms with Gasteiger partial charge in [0.2, 0.25) is 6.29 Å². The molecule has 1 heterocycles. The predicted molar refractivity (Wildman–Crippen MR) is 53.9 cm³/mol. The van der Waals surface area contributed by atoms with Gasteiger partial charge in [0.25, 0.3) is 0 Å². The van der Waals surface area contributed by atoms with Gasteiger partial charge in [-0.25, -0.2) is 0 Å². The number of carbonyl (C=O) groups excluding carboxylic acids is 1. The Balaban J connectivity index is 1.86. The molecule has 2 aliphatic carbocycles. The Labute approximate surface area is 90.1 Å². The van der Waals surface area contributed by atoms with E-state index >= 15 is 0 Å². The SMILES string of the molecule is CC(=O)OC1OCC2C3CC[C@@H](C3)[C@]12C. The van der Waals surface area contributed by atoms with Crippen molar-refractivity contribution in [3.63, 3.8) is 0 Å². The van der Waals surface area contributed by atoms with Crippen molar-refractivity contribution in [3.05, 3.63) is 0 Å². The van der Waals surface area contributed by atoms with Gasteiger partial charge in [-0.3, -0.25) is 4.79 Å². The fraction of sp³-hybridized carbons (Fsp3) is 0.917. The number of ether oxygens (including phenoxy) is 2. The van der Waals surface area contributed by atoms with Crippen LogP contribution in [0.1, 0.15) is 33.1 Å². The second-order valence-electron chi connectivity index (χ2n) is 5.52. The molecule has 3 aliphatic rings. The maximum Gasteiger partial charge on any atom is 0.304 e. The van der Waals surface area contributed by atoms with E-state index in [-0.39, 0.29) is 17.7 Å². The van der Waals surface area contributed by atoms with E-state index in [4.69, 9.17) is 9.47 Å². The summed E-state index contributed by atoms with van der Waals surface area (Å²) in [5, 5.41) is 0. The largest absolute Gasteiger partial charge is 0.435 e. The average Bonchev–Trinajstić information content (AvgIpc) is 2.78. The van der Waals surface area contributed by atoms with E-state index in [2.05, 4.69) is 6.92 Å². The van der Waals surface area contributed by atoms with Crippen LogP contribution in [-0.4, -0.2) is 18.9 Å². The Morgan fingerprint density at radius 1 is 1.47 bits per heavy atom. The summed E-state index contributed by atoms with van der Waals surface area (Å²) in [6.07, 6.45) is 3.68. The Morgan fingerprint density at radius 3 is 3.00 bits per heavy atom. The van der Waals surface area contributed by atoms with E-state index in [0.717, 1.165) is 12.5 Å². The molecule has 2 saturated carbocycles. The van der Waals surface area contributed by atoms with Gasteiger partial charge in [0, 0.05) is 12.3 Å². The molecule has 3 heteroatoms. The summed E-state index contributed by atoms with van der Waals surface area (Å²) in [4.78, 5) is 11.0. The molecule has 0 aromatic rings. The van der Waals surface area contributed by atoms with E-state index in [1.54, 1.807) is 0 Å². The molecule has 3 nitrogen and oxygen atoms in total. The van der Waals surface area contributed by atoms with E-state index < -0.39 is 0 Å². The fourth-order valence-electron chi connectivity index (χ4n) is 4.12. The van der Waals surface area contributed by atoms with Crippen LogP contribution in [0.2, 0.25) is 0 Å². The first-order valence-electron chi connectivity index (χ1n) is 5.91. The highest BCUT2D eigenvalue weighted by Crippen LogP contribution is 2.64. The number of hydrogen-bond acceptors (Lipinski definition) is 3. The first-order chi connectivity index (χ1) is 7.12. The van der Waals surface area contributed by atoms with Crippen molar-refractivity contribution in [2.24, 2.45) is 23.2 Å². The molecule has 15 heavy (non-hydrogen) atoms. The lowest BCUT2D eigenvalue weighted by Gasteiger charge is -2.37. The molecule has 3 rings (SSSR count). The normalized spacial score (nSPS) is 51.9. The van der Waals surface area contributed by atoms with Gasteiger partial charge >= 0.3 is 5.97 Å². The summed E-state index contributed by atoms with van der Waals surface area (Å²) in [6, 6.07) is 0. The minimum absolute atomic E-state index is 0.106. The molecule has 3 fully saturated rings. The van der Waals surface area contributed by atoms with Crippen LogP contribution in [0.25, 0.3) is 0 Å². The number of esters is 1. The topological polar surface area (TPSA) is 35.5 Å². The van der Waals surface area contributed by atoms with Gasteiger partial charge in [-0.05, 0) is 37.0 Å². The summed E-state index contributed by atoms with van der Waals surface area (Å²) in [5.74, 6) is 1.94. The Bertz CT molecular complexity index is 301. The van der Waals surface area contributed by atoms with Gasteiger partial charge in [0.05, 0.1) is 6.61 Å². The minimum atomic E-state index is -0.282. The van der Waals surface area contributed by atoms with Crippen LogP contribution in [0.15, 0.2) is 0 Å². The second kappa shape index (κ2) is 2.97. The zero-order chi connectivity index (χ0) is 10.6. The number of fused-ring (bicyclic) bond motifs is 5. The Morgan fingerprint density at radius 2 is 2.27 bits per heavy atom. The van der Waals surface area contributed by atoms with Crippen LogP contribution < -0.4 is 0 Å². The van der Waals surface area contributed by atoms with Crippen LogP contribution in [0, 0.1) is 23.2 Å². The Hall–Kier alpha value is -0.570. The summed E-state index contributed by atoms with van der Waals surface area (Å²) in [5.41, 5.74) is 0.106. The summed E-state index contributed by atoms with van der Waals surface area (Å²) in [7, 11) is 0. The van der Waals surface area contributed by atoms with Crippen molar-refractivity contribution < 1.29 is 14.3 Å². The predicted octanol–water partition coefficient (Wildman–Crippen LogP) is 1.96.